The first kappa shape index (κ1) is 15.9. The number of carbonyl (C=O) groups excluding carboxylic acids is 1. The molecule has 0 radical (unpaired) electrons. The second-order valence-electron chi connectivity index (χ2n) is 5.58. The smallest absolute Gasteiger partial charge is 0.264 e. The molecule has 5 nitrogen and oxygen atoms in total. The summed E-state index contributed by atoms with van der Waals surface area (Å²) >= 11 is 1.40. The molecule has 23 heavy (non-hydrogen) atoms. The normalized spacial score (nSPS) is 21.9. The second kappa shape index (κ2) is 7.08. The molecule has 1 N–H and O–H groups in total. The molecule has 1 aromatic rings. The van der Waals surface area contributed by atoms with E-state index < -0.39 is 0 Å². The Bertz CT molecular complexity index is 642. The van der Waals surface area contributed by atoms with Crippen LogP contribution in [0.1, 0.15) is 31.2 Å². The zero-order valence-electron chi connectivity index (χ0n) is 13.3. The Morgan fingerprint density at radius 2 is 1.83 bits per heavy atom. The number of carbonyl (C=O) groups is 1. The average Bonchev–Trinajstić information content (AvgIpc) is 3.17. The first-order valence-corrected chi connectivity index (χ1v) is 8.51. The highest BCUT2D eigenvalue weighted by molar-refractivity contribution is 8.18. The molecule has 6 heteroatoms. The summed E-state index contributed by atoms with van der Waals surface area (Å²) in [5.41, 5.74) is 0.862. The van der Waals surface area contributed by atoms with Crippen LogP contribution >= 0.6 is 11.8 Å². The van der Waals surface area contributed by atoms with E-state index in [1.165, 1.54) is 24.6 Å². The number of thioether (sulfide) groups is 1. The third kappa shape index (κ3) is 3.88. The standard InChI is InChI=1S/C17H20N2O3S/c1-21-13-7-11(8-14(10-13)22-2)9-15-16(20)19-17(23-15)18-12-5-3-4-6-12/h7-10,12H,3-6H2,1-2H3,(H,18,19,20)/b15-9+. The molecule has 2 fully saturated rings. The monoisotopic (exact) mass is 332 g/mol. The molecular weight excluding hydrogens is 312 g/mol. The van der Waals surface area contributed by atoms with Gasteiger partial charge in [0.1, 0.15) is 11.5 Å². The fourth-order valence-corrected chi connectivity index (χ4v) is 3.64. The number of nitrogens with one attached hydrogen (secondary N) is 1. The van der Waals surface area contributed by atoms with Crippen LogP contribution in [0.5, 0.6) is 11.5 Å². The van der Waals surface area contributed by atoms with Gasteiger partial charge in [0.05, 0.1) is 25.2 Å². The summed E-state index contributed by atoms with van der Waals surface area (Å²) < 4.78 is 10.5. The van der Waals surface area contributed by atoms with Crippen LogP contribution in [0.3, 0.4) is 0 Å². The van der Waals surface area contributed by atoms with Gasteiger partial charge in [0, 0.05) is 6.07 Å². The van der Waals surface area contributed by atoms with Gasteiger partial charge in [-0.3, -0.25) is 9.79 Å². The third-order valence-electron chi connectivity index (χ3n) is 3.95. The molecular formula is C17H20N2O3S. The molecule has 2 aliphatic rings. The Hall–Kier alpha value is -1.95. The maximum atomic E-state index is 12.1. The summed E-state index contributed by atoms with van der Waals surface area (Å²) in [5, 5.41) is 3.56. The van der Waals surface area contributed by atoms with Crippen LogP contribution in [0, 0.1) is 0 Å². The number of aliphatic imine (C=N–C) groups is 1. The van der Waals surface area contributed by atoms with Gasteiger partial charge < -0.3 is 14.8 Å². The minimum Gasteiger partial charge on any atom is -0.497 e. The van der Waals surface area contributed by atoms with Gasteiger partial charge in [0.25, 0.3) is 5.91 Å². The van der Waals surface area contributed by atoms with E-state index in [4.69, 9.17) is 9.47 Å². The molecule has 0 aromatic heterocycles. The molecule has 122 valence electrons. The topological polar surface area (TPSA) is 59.9 Å². The van der Waals surface area contributed by atoms with E-state index in [9.17, 15) is 4.79 Å². The van der Waals surface area contributed by atoms with Gasteiger partial charge in [0.2, 0.25) is 0 Å². The lowest BCUT2D eigenvalue weighted by atomic mass is 10.2. The first-order valence-electron chi connectivity index (χ1n) is 7.69. The minimum atomic E-state index is -0.103. The number of ether oxygens (including phenoxy) is 2. The van der Waals surface area contributed by atoms with E-state index in [1.807, 2.05) is 18.2 Å². The molecule has 3 rings (SSSR count). The first-order chi connectivity index (χ1) is 11.2. The average molecular weight is 332 g/mol. The number of hydrogen-bond acceptors (Lipinski definition) is 5. The van der Waals surface area contributed by atoms with E-state index in [0.717, 1.165) is 18.4 Å². The van der Waals surface area contributed by atoms with Crippen molar-refractivity contribution in [2.75, 3.05) is 14.2 Å². The molecule has 1 aliphatic carbocycles. The van der Waals surface area contributed by atoms with Gasteiger partial charge >= 0.3 is 0 Å². The molecule has 1 aliphatic heterocycles. The quantitative estimate of drug-likeness (QED) is 0.860. The van der Waals surface area contributed by atoms with Crippen LogP contribution < -0.4 is 14.8 Å². The van der Waals surface area contributed by atoms with Crippen molar-refractivity contribution in [2.24, 2.45) is 4.99 Å². The Balaban J connectivity index is 1.81. The largest absolute Gasteiger partial charge is 0.497 e. The predicted octanol–water partition coefficient (Wildman–Crippen LogP) is 3.21. The molecule has 1 saturated carbocycles. The maximum Gasteiger partial charge on any atom is 0.264 e. The SMILES string of the molecule is COc1cc(/C=C2/SC(=NC3CCCC3)NC2=O)cc(OC)c1. The summed E-state index contributed by atoms with van der Waals surface area (Å²) in [7, 11) is 3.21. The van der Waals surface area contributed by atoms with Crippen molar-refractivity contribution in [3.8, 4) is 11.5 Å². The molecule has 0 bridgehead atoms. The molecule has 0 unspecified atom stereocenters. The van der Waals surface area contributed by atoms with Gasteiger partial charge in [0.15, 0.2) is 5.17 Å². The number of methoxy groups -OCH3 is 2. The van der Waals surface area contributed by atoms with Crippen molar-refractivity contribution in [3.05, 3.63) is 28.7 Å². The van der Waals surface area contributed by atoms with Crippen LogP contribution in [0.15, 0.2) is 28.1 Å². The summed E-state index contributed by atoms with van der Waals surface area (Å²) in [6.07, 6.45) is 6.53. The van der Waals surface area contributed by atoms with Gasteiger partial charge in [-0.05, 0) is 48.4 Å². The van der Waals surface area contributed by atoms with Crippen LogP contribution in [-0.2, 0) is 4.79 Å². The van der Waals surface area contributed by atoms with Crippen LogP contribution in [0.4, 0.5) is 0 Å². The molecule has 1 aromatic carbocycles. The second-order valence-corrected chi connectivity index (χ2v) is 6.61. The van der Waals surface area contributed by atoms with Crippen LogP contribution in [0.2, 0.25) is 0 Å². The molecule has 1 amide bonds. The summed E-state index contributed by atoms with van der Waals surface area (Å²) in [5.74, 6) is 1.28. The Labute approximate surface area is 140 Å². The molecule has 1 heterocycles. The van der Waals surface area contributed by atoms with Crippen molar-refractivity contribution in [3.63, 3.8) is 0 Å². The maximum absolute atomic E-state index is 12.1. The zero-order valence-corrected chi connectivity index (χ0v) is 14.1. The van der Waals surface area contributed by atoms with Gasteiger partial charge in [-0.25, -0.2) is 0 Å². The zero-order chi connectivity index (χ0) is 16.2. The van der Waals surface area contributed by atoms with E-state index in [1.54, 1.807) is 20.3 Å². The number of nitrogens with zero attached hydrogens (tertiary/aromatic N) is 1. The highest BCUT2D eigenvalue weighted by Gasteiger charge is 2.25. The van der Waals surface area contributed by atoms with E-state index in [0.29, 0.717) is 27.6 Å². The van der Waals surface area contributed by atoms with Crippen molar-refractivity contribution in [2.45, 2.75) is 31.7 Å². The lowest BCUT2D eigenvalue weighted by molar-refractivity contribution is -0.115. The number of amidine groups is 1. The predicted molar refractivity (Wildman–Crippen MR) is 92.9 cm³/mol. The lowest BCUT2D eigenvalue weighted by Crippen LogP contribution is -2.21. The highest BCUT2D eigenvalue weighted by Crippen LogP contribution is 2.31. The lowest BCUT2D eigenvalue weighted by Gasteiger charge is -2.06. The summed E-state index contributed by atoms with van der Waals surface area (Å²) in [6, 6.07) is 5.90. The van der Waals surface area contributed by atoms with Crippen molar-refractivity contribution < 1.29 is 14.3 Å². The van der Waals surface area contributed by atoms with Gasteiger partial charge in [-0.2, -0.15) is 0 Å². The summed E-state index contributed by atoms with van der Waals surface area (Å²) in [6.45, 7) is 0. The number of hydrogen-bond donors (Lipinski definition) is 1. The number of benzene rings is 1. The van der Waals surface area contributed by atoms with Gasteiger partial charge in [-0.15, -0.1) is 0 Å². The Morgan fingerprint density at radius 1 is 1.17 bits per heavy atom. The van der Waals surface area contributed by atoms with Crippen molar-refractivity contribution in [1.29, 1.82) is 0 Å². The van der Waals surface area contributed by atoms with E-state index in [-0.39, 0.29) is 5.91 Å². The summed E-state index contributed by atoms with van der Waals surface area (Å²) in [4.78, 5) is 17.4. The highest BCUT2D eigenvalue weighted by atomic mass is 32.2. The van der Waals surface area contributed by atoms with Crippen LogP contribution in [-0.4, -0.2) is 31.3 Å². The minimum absolute atomic E-state index is 0.103. The van der Waals surface area contributed by atoms with E-state index in [2.05, 4.69) is 10.3 Å². The molecule has 0 atom stereocenters. The fourth-order valence-electron chi connectivity index (χ4n) is 2.75. The number of rotatable bonds is 4. The third-order valence-corrected chi connectivity index (χ3v) is 4.87. The number of amides is 1. The molecule has 0 spiro atoms. The Kier molecular flexibility index (Phi) is 4.91. The van der Waals surface area contributed by atoms with Crippen molar-refractivity contribution >= 4 is 28.9 Å². The molecule has 1 saturated heterocycles. The van der Waals surface area contributed by atoms with E-state index >= 15 is 0 Å². The van der Waals surface area contributed by atoms with Crippen LogP contribution in [0.25, 0.3) is 6.08 Å². The fraction of sp³-hybridized carbons (Fsp3) is 0.412. The van der Waals surface area contributed by atoms with Crippen molar-refractivity contribution in [1.82, 2.24) is 5.32 Å². The Morgan fingerprint density at radius 3 is 2.43 bits per heavy atom. The van der Waals surface area contributed by atoms with Gasteiger partial charge in [-0.1, -0.05) is 12.8 Å².